The highest BCUT2D eigenvalue weighted by atomic mass is 14.7. The molecule has 21 heavy (non-hydrogen) atoms. The van der Waals surface area contributed by atoms with Crippen LogP contribution in [-0.4, -0.2) is 4.98 Å². The van der Waals surface area contributed by atoms with Gasteiger partial charge in [-0.2, -0.15) is 0 Å². The van der Waals surface area contributed by atoms with Crippen LogP contribution in [-0.2, 0) is 18.4 Å². The number of pyridine rings is 1. The molecule has 0 aliphatic heterocycles. The lowest BCUT2D eigenvalue weighted by atomic mass is 9.73. The molecule has 1 aliphatic carbocycles. The fraction of sp³-hybridized carbons (Fsp3) is 0.211. The third-order valence-corrected chi connectivity index (χ3v) is 4.68. The average molecular weight is 274 g/mol. The molecule has 0 bridgehead atoms. The van der Waals surface area contributed by atoms with E-state index in [4.69, 9.17) is 5.73 Å². The van der Waals surface area contributed by atoms with Crippen molar-refractivity contribution in [3.05, 3.63) is 77.6 Å². The van der Waals surface area contributed by atoms with Gasteiger partial charge in [-0.3, -0.25) is 4.98 Å². The molecule has 0 radical (unpaired) electrons. The molecule has 1 unspecified atom stereocenters. The number of aryl methyl sites for hydroxylation is 1. The monoisotopic (exact) mass is 274 g/mol. The van der Waals surface area contributed by atoms with Crippen molar-refractivity contribution in [2.45, 2.75) is 24.8 Å². The standard InChI is InChI=1S/C19H18N2/c20-19(10-8-14-4-1-2-5-15(14)12-19)18-7-3-6-16-13-21-11-9-17(16)18/h1-7,9,11,13H,8,10,12,20H2. The van der Waals surface area contributed by atoms with E-state index in [0.717, 1.165) is 19.3 Å². The molecule has 1 aliphatic rings. The normalized spacial score (nSPS) is 21.2. The zero-order valence-corrected chi connectivity index (χ0v) is 11.9. The minimum absolute atomic E-state index is 0.283. The summed E-state index contributed by atoms with van der Waals surface area (Å²) in [6, 6.07) is 17.1. The first kappa shape index (κ1) is 12.5. The number of rotatable bonds is 1. The number of nitrogens with zero attached hydrogens (tertiary/aromatic N) is 1. The van der Waals surface area contributed by atoms with Crippen LogP contribution in [0.2, 0.25) is 0 Å². The van der Waals surface area contributed by atoms with Gasteiger partial charge in [0.2, 0.25) is 0 Å². The zero-order chi connectivity index (χ0) is 14.3. The van der Waals surface area contributed by atoms with Crippen molar-refractivity contribution in [3.8, 4) is 0 Å². The van der Waals surface area contributed by atoms with Crippen LogP contribution >= 0.6 is 0 Å². The molecule has 4 rings (SSSR count). The van der Waals surface area contributed by atoms with Gasteiger partial charge in [0.25, 0.3) is 0 Å². The van der Waals surface area contributed by atoms with Crippen LogP contribution in [0.25, 0.3) is 10.8 Å². The Kier molecular flexibility index (Phi) is 2.79. The quantitative estimate of drug-likeness (QED) is 0.736. The molecule has 2 heteroatoms. The van der Waals surface area contributed by atoms with E-state index in [1.807, 2.05) is 12.4 Å². The van der Waals surface area contributed by atoms with Gasteiger partial charge in [0, 0.05) is 23.3 Å². The average Bonchev–Trinajstić information content (AvgIpc) is 2.54. The van der Waals surface area contributed by atoms with Gasteiger partial charge in [-0.15, -0.1) is 0 Å². The first-order chi connectivity index (χ1) is 10.3. The maximum Gasteiger partial charge on any atom is 0.0459 e. The Balaban J connectivity index is 1.85. The first-order valence-electron chi connectivity index (χ1n) is 7.45. The molecule has 1 atom stereocenters. The van der Waals surface area contributed by atoms with Crippen molar-refractivity contribution in [2.75, 3.05) is 0 Å². The maximum absolute atomic E-state index is 6.84. The minimum atomic E-state index is -0.283. The van der Waals surface area contributed by atoms with E-state index in [1.165, 1.54) is 27.5 Å². The van der Waals surface area contributed by atoms with Gasteiger partial charge in [0.1, 0.15) is 0 Å². The van der Waals surface area contributed by atoms with Crippen LogP contribution in [0.15, 0.2) is 60.9 Å². The fourth-order valence-corrected chi connectivity index (χ4v) is 3.55. The largest absolute Gasteiger partial charge is 0.321 e. The number of benzene rings is 2. The van der Waals surface area contributed by atoms with Crippen LogP contribution in [0.1, 0.15) is 23.1 Å². The van der Waals surface area contributed by atoms with Crippen LogP contribution in [0.5, 0.6) is 0 Å². The summed E-state index contributed by atoms with van der Waals surface area (Å²) in [7, 11) is 0. The van der Waals surface area contributed by atoms with Gasteiger partial charge < -0.3 is 5.73 Å². The van der Waals surface area contributed by atoms with Crippen LogP contribution in [0, 0.1) is 0 Å². The summed E-state index contributed by atoms with van der Waals surface area (Å²) in [4.78, 5) is 4.22. The van der Waals surface area contributed by atoms with Crippen LogP contribution in [0.4, 0.5) is 0 Å². The Hall–Kier alpha value is -2.19. The molecular formula is C19H18N2. The SMILES string of the molecule is NC1(c2cccc3cnccc23)CCc2ccccc2C1. The van der Waals surface area contributed by atoms with Gasteiger partial charge in [-0.1, -0.05) is 42.5 Å². The second-order valence-corrected chi connectivity index (χ2v) is 6.00. The van der Waals surface area contributed by atoms with Gasteiger partial charge in [0.15, 0.2) is 0 Å². The Bertz CT molecular complexity index is 804. The third kappa shape index (κ3) is 2.03. The number of aromatic nitrogens is 1. The van der Waals surface area contributed by atoms with E-state index in [-0.39, 0.29) is 5.54 Å². The van der Waals surface area contributed by atoms with E-state index >= 15 is 0 Å². The molecule has 0 saturated heterocycles. The zero-order valence-electron chi connectivity index (χ0n) is 11.9. The summed E-state index contributed by atoms with van der Waals surface area (Å²) in [6.45, 7) is 0. The molecule has 1 aromatic heterocycles. The summed E-state index contributed by atoms with van der Waals surface area (Å²) >= 11 is 0. The molecule has 2 nitrogen and oxygen atoms in total. The van der Waals surface area contributed by atoms with Crippen molar-refractivity contribution in [2.24, 2.45) is 5.73 Å². The number of hydrogen-bond donors (Lipinski definition) is 1. The summed E-state index contributed by atoms with van der Waals surface area (Å²) in [5.41, 5.74) is 10.6. The Morgan fingerprint density at radius 1 is 0.952 bits per heavy atom. The fourth-order valence-electron chi connectivity index (χ4n) is 3.55. The van der Waals surface area contributed by atoms with Gasteiger partial charge in [-0.25, -0.2) is 0 Å². The van der Waals surface area contributed by atoms with E-state index in [0.29, 0.717) is 0 Å². The van der Waals surface area contributed by atoms with E-state index in [2.05, 4.69) is 53.5 Å². The molecule has 2 N–H and O–H groups in total. The second kappa shape index (κ2) is 4.68. The number of nitrogens with two attached hydrogens (primary N) is 1. The molecule has 0 spiro atoms. The Morgan fingerprint density at radius 3 is 2.71 bits per heavy atom. The van der Waals surface area contributed by atoms with Crippen LogP contribution < -0.4 is 5.73 Å². The van der Waals surface area contributed by atoms with E-state index in [9.17, 15) is 0 Å². The predicted octanol–water partition coefficient (Wildman–Crippen LogP) is 3.58. The van der Waals surface area contributed by atoms with Crippen molar-refractivity contribution < 1.29 is 0 Å². The molecule has 104 valence electrons. The number of fused-ring (bicyclic) bond motifs is 2. The van der Waals surface area contributed by atoms with E-state index in [1.54, 1.807) is 0 Å². The molecular weight excluding hydrogens is 256 g/mol. The number of hydrogen-bond acceptors (Lipinski definition) is 2. The van der Waals surface area contributed by atoms with Gasteiger partial charge >= 0.3 is 0 Å². The predicted molar refractivity (Wildman–Crippen MR) is 86.1 cm³/mol. The highest BCUT2D eigenvalue weighted by molar-refractivity contribution is 5.85. The summed E-state index contributed by atoms with van der Waals surface area (Å²) < 4.78 is 0. The molecule has 3 aromatic rings. The molecule has 2 aromatic carbocycles. The van der Waals surface area contributed by atoms with Crippen molar-refractivity contribution in [3.63, 3.8) is 0 Å². The third-order valence-electron chi connectivity index (χ3n) is 4.68. The lowest BCUT2D eigenvalue weighted by Crippen LogP contribution is -2.42. The summed E-state index contributed by atoms with van der Waals surface area (Å²) in [6.07, 6.45) is 6.72. The van der Waals surface area contributed by atoms with Crippen molar-refractivity contribution in [1.29, 1.82) is 0 Å². The lowest BCUT2D eigenvalue weighted by molar-refractivity contribution is 0.388. The van der Waals surface area contributed by atoms with Crippen molar-refractivity contribution >= 4 is 10.8 Å². The maximum atomic E-state index is 6.84. The molecule has 0 fully saturated rings. The summed E-state index contributed by atoms with van der Waals surface area (Å²) in [5.74, 6) is 0. The first-order valence-corrected chi connectivity index (χ1v) is 7.45. The second-order valence-electron chi connectivity index (χ2n) is 6.00. The topological polar surface area (TPSA) is 38.9 Å². The van der Waals surface area contributed by atoms with Gasteiger partial charge in [-0.05, 0) is 47.4 Å². The minimum Gasteiger partial charge on any atom is -0.321 e. The Morgan fingerprint density at radius 2 is 1.81 bits per heavy atom. The molecule has 1 heterocycles. The van der Waals surface area contributed by atoms with Crippen molar-refractivity contribution in [1.82, 2.24) is 4.98 Å². The Labute approximate surface area is 124 Å². The lowest BCUT2D eigenvalue weighted by Gasteiger charge is -2.36. The van der Waals surface area contributed by atoms with E-state index < -0.39 is 0 Å². The molecule has 0 amide bonds. The van der Waals surface area contributed by atoms with Crippen LogP contribution in [0.3, 0.4) is 0 Å². The molecule has 0 saturated carbocycles. The van der Waals surface area contributed by atoms with Gasteiger partial charge in [0.05, 0.1) is 0 Å². The summed E-state index contributed by atoms with van der Waals surface area (Å²) in [5, 5.41) is 2.40. The highest BCUT2D eigenvalue weighted by Gasteiger charge is 2.33. The smallest absolute Gasteiger partial charge is 0.0459 e. The highest BCUT2D eigenvalue weighted by Crippen LogP contribution is 2.37.